The molecule has 0 bridgehead atoms. The fourth-order valence-corrected chi connectivity index (χ4v) is 2.20. The van der Waals surface area contributed by atoms with E-state index in [1.54, 1.807) is 0 Å². The predicted molar refractivity (Wildman–Crippen MR) is 84.9 cm³/mol. The van der Waals surface area contributed by atoms with Crippen LogP contribution in [0.3, 0.4) is 0 Å². The zero-order valence-electron chi connectivity index (χ0n) is 13.3. The Balaban J connectivity index is 2.76. The number of nitrogens with zero attached hydrogens (tertiary/aromatic N) is 2. The van der Waals surface area contributed by atoms with Crippen LogP contribution < -0.4 is 4.90 Å². The first kappa shape index (κ1) is 17.9. The third-order valence-corrected chi connectivity index (χ3v) is 3.28. The molecule has 0 amide bonds. The van der Waals surface area contributed by atoms with Crippen LogP contribution in [0.1, 0.15) is 0 Å². The van der Waals surface area contributed by atoms with Crippen molar-refractivity contribution in [1.29, 1.82) is 0 Å². The van der Waals surface area contributed by atoms with E-state index in [2.05, 4.69) is 9.47 Å². The van der Waals surface area contributed by atoms with Gasteiger partial charge in [-0.3, -0.25) is 10.1 Å². The number of allylic oxidation sites excluding steroid dienone is 2. The summed E-state index contributed by atoms with van der Waals surface area (Å²) in [4.78, 5) is 35.8. The Labute approximate surface area is 141 Å². The molecule has 0 fully saturated rings. The minimum Gasteiger partial charge on any atom is -0.465 e. The van der Waals surface area contributed by atoms with Crippen LogP contribution in [-0.2, 0) is 19.1 Å². The number of carbonyl (C=O) groups excluding carboxylic acids is 2. The van der Waals surface area contributed by atoms with Crippen LogP contribution in [0.25, 0.3) is 0 Å². The van der Waals surface area contributed by atoms with Crippen molar-refractivity contribution >= 4 is 23.3 Å². The lowest BCUT2D eigenvalue weighted by Crippen LogP contribution is -2.27. The SMILES string of the molecule is COC(=O)C1=C(C(=O)OC)N(c2ccc(F)cc2[N+](=O)[O-])C=CC=C1. The standard InChI is InChI=1S/C16H13FN2O6/c1-24-15(20)11-5-3-4-8-18(14(11)16(21)25-2)12-7-6-10(17)9-13(12)19(22)23/h3-9H,1-2H3. The van der Waals surface area contributed by atoms with Crippen LogP contribution >= 0.6 is 0 Å². The van der Waals surface area contributed by atoms with Crippen molar-refractivity contribution < 1.29 is 28.4 Å². The van der Waals surface area contributed by atoms with E-state index in [9.17, 15) is 24.1 Å². The van der Waals surface area contributed by atoms with E-state index in [1.165, 1.54) is 24.4 Å². The second-order valence-corrected chi connectivity index (χ2v) is 4.71. The fraction of sp³-hybridized carbons (Fsp3) is 0.125. The minimum absolute atomic E-state index is 0.117. The van der Waals surface area contributed by atoms with Crippen LogP contribution in [0.4, 0.5) is 15.8 Å². The highest BCUT2D eigenvalue weighted by Gasteiger charge is 2.31. The molecule has 1 aliphatic rings. The number of anilines is 1. The van der Waals surface area contributed by atoms with Gasteiger partial charge in [-0.1, -0.05) is 6.08 Å². The minimum atomic E-state index is -0.921. The highest BCUT2D eigenvalue weighted by molar-refractivity contribution is 6.05. The molecular weight excluding hydrogens is 335 g/mol. The van der Waals surface area contributed by atoms with Crippen molar-refractivity contribution in [3.8, 4) is 0 Å². The average molecular weight is 348 g/mol. The van der Waals surface area contributed by atoms with Gasteiger partial charge in [0.05, 0.1) is 30.8 Å². The molecule has 0 N–H and O–H groups in total. The highest BCUT2D eigenvalue weighted by Crippen LogP contribution is 2.34. The number of ether oxygens (including phenoxy) is 2. The summed E-state index contributed by atoms with van der Waals surface area (Å²) in [5, 5.41) is 11.3. The third kappa shape index (κ3) is 3.55. The Hall–Kier alpha value is -3.49. The van der Waals surface area contributed by atoms with Gasteiger partial charge in [-0.05, 0) is 24.3 Å². The summed E-state index contributed by atoms with van der Waals surface area (Å²) in [7, 11) is 2.22. The van der Waals surface area contributed by atoms with Crippen LogP contribution in [-0.4, -0.2) is 31.1 Å². The highest BCUT2D eigenvalue weighted by atomic mass is 19.1. The van der Waals surface area contributed by atoms with Gasteiger partial charge in [0.2, 0.25) is 0 Å². The maximum absolute atomic E-state index is 13.4. The fourth-order valence-electron chi connectivity index (χ4n) is 2.20. The van der Waals surface area contributed by atoms with Crippen molar-refractivity contribution in [3.63, 3.8) is 0 Å². The first-order chi connectivity index (χ1) is 11.9. The number of carbonyl (C=O) groups is 2. The summed E-state index contributed by atoms with van der Waals surface area (Å²) in [6, 6.07) is 2.84. The molecule has 0 aromatic heterocycles. The average Bonchev–Trinajstić information content (AvgIpc) is 2.83. The largest absolute Gasteiger partial charge is 0.465 e. The topological polar surface area (TPSA) is 99.0 Å². The van der Waals surface area contributed by atoms with E-state index in [0.717, 1.165) is 31.3 Å². The molecule has 0 atom stereocenters. The van der Waals surface area contributed by atoms with Crippen LogP contribution in [0.15, 0.2) is 53.9 Å². The number of benzene rings is 1. The maximum atomic E-state index is 13.4. The van der Waals surface area contributed by atoms with Crippen molar-refractivity contribution in [2.75, 3.05) is 19.1 Å². The van der Waals surface area contributed by atoms with Gasteiger partial charge in [-0.15, -0.1) is 0 Å². The summed E-state index contributed by atoms with van der Waals surface area (Å²) in [5.74, 6) is -2.57. The molecule has 1 aliphatic heterocycles. The summed E-state index contributed by atoms with van der Waals surface area (Å²) in [6.07, 6.45) is 5.53. The van der Waals surface area contributed by atoms with Crippen molar-refractivity contribution in [1.82, 2.24) is 0 Å². The van der Waals surface area contributed by atoms with Crippen molar-refractivity contribution in [3.05, 3.63) is 69.8 Å². The molecule has 9 heteroatoms. The predicted octanol–water partition coefficient (Wildman–Crippen LogP) is 2.22. The number of hydrogen-bond acceptors (Lipinski definition) is 7. The molecule has 0 saturated heterocycles. The zero-order chi connectivity index (χ0) is 18.6. The van der Waals surface area contributed by atoms with E-state index in [0.29, 0.717) is 6.07 Å². The lowest BCUT2D eigenvalue weighted by molar-refractivity contribution is -0.384. The van der Waals surface area contributed by atoms with E-state index >= 15 is 0 Å². The number of nitro groups is 1. The van der Waals surface area contributed by atoms with E-state index in [4.69, 9.17) is 0 Å². The molecule has 2 rings (SSSR count). The second-order valence-electron chi connectivity index (χ2n) is 4.71. The molecule has 0 spiro atoms. The normalized spacial score (nSPS) is 13.5. The Bertz CT molecular complexity index is 828. The molecule has 0 unspecified atom stereocenters. The molecule has 0 saturated carbocycles. The Morgan fingerprint density at radius 3 is 2.44 bits per heavy atom. The van der Waals surface area contributed by atoms with Gasteiger partial charge < -0.3 is 14.4 Å². The third-order valence-electron chi connectivity index (χ3n) is 3.28. The summed E-state index contributed by atoms with van der Waals surface area (Å²) in [6.45, 7) is 0. The number of halogens is 1. The smallest absolute Gasteiger partial charge is 0.355 e. The summed E-state index contributed by atoms with van der Waals surface area (Å²) >= 11 is 0. The first-order valence-corrected chi connectivity index (χ1v) is 6.89. The van der Waals surface area contributed by atoms with Crippen molar-refractivity contribution in [2.24, 2.45) is 0 Å². The lowest BCUT2D eigenvalue weighted by atomic mass is 10.1. The molecule has 0 radical (unpaired) electrons. The molecule has 1 heterocycles. The summed E-state index contributed by atoms with van der Waals surface area (Å²) in [5.41, 5.74) is -1.17. The van der Waals surface area contributed by atoms with Gasteiger partial charge >= 0.3 is 11.9 Å². The monoisotopic (exact) mass is 348 g/mol. The molecule has 8 nitrogen and oxygen atoms in total. The van der Waals surface area contributed by atoms with Gasteiger partial charge in [-0.25, -0.2) is 14.0 Å². The van der Waals surface area contributed by atoms with Gasteiger partial charge in [0.25, 0.3) is 5.69 Å². The van der Waals surface area contributed by atoms with Gasteiger partial charge in [-0.2, -0.15) is 0 Å². The van der Waals surface area contributed by atoms with Crippen LogP contribution in [0.2, 0.25) is 0 Å². The lowest BCUT2D eigenvalue weighted by Gasteiger charge is -2.22. The van der Waals surface area contributed by atoms with Crippen molar-refractivity contribution in [2.45, 2.75) is 0 Å². The van der Waals surface area contributed by atoms with E-state index in [1.807, 2.05) is 0 Å². The zero-order valence-corrected chi connectivity index (χ0v) is 13.3. The Morgan fingerprint density at radius 1 is 1.16 bits per heavy atom. The molecule has 1 aromatic carbocycles. The Morgan fingerprint density at radius 2 is 1.84 bits per heavy atom. The number of rotatable bonds is 4. The summed E-state index contributed by atoms with van der Waals surface area (Å²) < 4.78 is 22.7. The number of nitro benzene ring substituents is 1. The van der Waals surface area contributed by atoms with E-state index < -0.39 is 28.4 Å². The molecule has 130 valence electrons. The number of hydrogen-bond donors (Lipinski definition) is 0. The molecule has 1 aromatic rings. The maximum Gasteiger partial charge on any atom is 0.355 e. The van der Waals surface area contributed by atoms with E-state index in [-0.39, 0.29) is 17.0 Å². The van der Waals surface area contributed by atoms with Gasteiger partial charge in [0, 0.05) is 6.20 Å². The Kier molecular flexibility index (Phi) is 5.28. The van der Waals surface area contributed by atoms with Crippen LogP contribution in [0.5, 0.6) is 0 Å². The van der Waals surface area contributed by atoms with Gasteiger partial charge in [0.1, 0.15) is 17.2 Å². The van der Waals surface area contributed by atoms with Gasteiger partial charge in [0.15, 0.2) is 0 Å². The quantitative estimate of drug-likeness (QED) is 0.467. The second kappa shape index (κ2) is 7.39. The van der Waals surface area contributed by atoms with Crippen LogP contribution in [0, 0.1) is 15.9 Å². The number of methoxy groups -OCH3 is 2. The molecule has 0 aliphatic carbocycles. The number of esters is 2. The first-order valence-electron chi connectivity index (χ1n) is 6.89. The molecular formula is C16H13FN2O6. The molecule has 25 heavy (non-hydrogen) atoms.